The molecule has 0 aliphatic carbocycles. The molecular formula is C13H18ClN5O2. The minimum absolute atomic E-state index is 0.0224. The fourth-order valence-corrected chi connectivity index (χ4v) is 3.56. The summed E-state index contributed by atoms with van der Waals surface area (Å²) in [6, 6.07) is 0.459. The molecule has 0 N–H and O–H groups in total. The van der Waals surface area contributed by atoms with Gasteiger partial charge in [0.15, 0.2) is 0 Å². The maximum Gasteiger partial charge on any atom is 0.332 e. The number of aromatic nitrogens is 2. The summed E-state index contributed by atoms with van der Waals surface area (Å²) in [5.74, 6) is 0.367. The molecule has 0 spiro atoms. The summed E-state index contributed by atoms with van der Waals surface area (Å²) in [6.45, 7) is 5.32. The number of rotatable bonds is 2. The summed E-state index contributed by atoms with van der Waals surface area (Å²) < 4.78 is 0. The van der Waals surface area contributed by atoms with Gasteiger partial charge >= 0.3 is 5.69 Å². The second-order valence-electron chi connectivity index (χ2n) is 5.64. The topological polar surface area (TPSA) is 75.4 Å². The van der Waals surface area contributed by atoms with E-state index in [0.717, 1.165) is 39.0 Å². The lowest BCUT2D eigenvalue weighted by molar-refractivity contribution is -0.385. The van der Waals surface area contributed by atoms with Crippen LogP contribution in [0, 0.1) is 17.0 Å². The average Bonchev–Trinajstić information content (AvgIpc) is 2.74. The van der Waals surface area contributed by atoms with Crippen LogP contribution in [0.15, 0.2) is 0 Å². The SMILES string of the molecule is Cc1nc(Cl)nc(N2CCCN3CCCC3C2)c1[N+](=O)[O-]. The molecule has 21 heavy (non-hydrogen) atoms. The Bertz CT molecular complexity index is 568. The van der Waals surface area contributed by atoms with Crippen LogP contribution in [0.1, 0.15) is 25.0 Å². The Morgan fingerprint density at radius 3 is 2.81 bits per heavy atom. The lowest BCUT2D eigenvalue weighted by Crippen LogP contribution is -2.37. The Labute approximate surface area is 128 Å². The third-order valence-corrected chi connectivity index (χ3v) is 4.47. The van der Waals surface area contributed by atoms with Crippen molar-refractivity contribution in [1.29, 1.82) is 0 Å². The van der Waals surface area contributed by atoms with Crippen molar-refractivity contribution < 1.29 is 4.92 Å². The lowest BCUT2D eigenvalue weighted by atomic mass is 10.2. The summed E-state index contributed by atoms with van der Waals surface area (Å²) in [7, 11) is 0. The average molecular weight is 312 g/mol. The molecule has 3 rings (SSSR count). The van der Waals surface area contributed by atoms with Gasteiger partial charge in [0.05, 0.1) is 4.92 Å². The maximum absolute atomic E-state index is 11.4. The highest BCUT2D eigenvalue weighted by molar-refractivity contribution is 6.28. The number of halogens is 1. The van der Waals surface area contributed by atoms with Crippen molar-refractivity contribution in [3.05, 3.63) is 21.1 Å². The van der Waals surface area contributed by atoms with Crippen molar-refractivity contribution in [2.45, 2.75) is 32.2 Å². The van der Waals surface area contributed by atoms with E-state index in [1.165, 1.54) is 6.42 Å². The number of anilines is 1. The summed E-state index contributed by atoms with van der Waals surface area (Å²) in [4.78, 5) is 23.5. The molecule has 2 aliphatic rings. The molecule has 7 nitrogen and oxygen atoms in total. The van der Waals surface area contributed by atoms with E-state index in [1.807, 2.05) is 4.90 Å². The zero-order chi connectivity index (χ0) is 15.0. The van der Waals surface area contributed by atoms with Gasteiger partial charge in [0, 0.05) is 25.7 Å². The van der Waals surface area contributed by atoms with Crippen molar-refractivity contribution in [1.82, 2.24) is 14.9 Å². The van der Waals surface area contributed by atoms with Crippen molar-refractivity contribution >= 4 is 23.1 Å². The predicted molar refractivity (Wildman–Crippen MR) is 79.9 cm³/mol. The van der Waals surface area contributed by atoms with Gasteiger partial charge in [-0.2, -0.15) is 4.98 Å². The predicted octanol–water partition coefficient (Wildman–Crippen LogP) is 2.02. The van der Waals surface area contributed by atoms with Gasteiger partial charge in [-0.25, -0.2) is 4.98 Å². The van der Waals surface area contributed by atoms with Gasteiger partial charge in [-0.3, -0.25) is 15.0 Å². The maximum atomic E-state index is 11.4. The van der Waals surface area contributed by atoms with E-state index in [4.69, 9.17) is 11.6 Å². The van der Waals surface area contributed by atoms with Gasteiger partial charge in [0.2, 0.25) is 11.1 Å². The van der Waals surface area contributed by atoms with Crippen LogP contribution in [0.3, 0.4) is 0 Å². The van der Waals surface area contributed by atoms with Gasteiger partial charge in [0.25, 0.3) is 0 Å². The van der Waals surface area contributed by atoms with Crippen molar-refractivity contribution in [3.8, 4) is 0 Å². The van der Waals surface area contributed by atoms with Crippen LogP contribution in [-0.4, -0.2) is 52.0 Å². The summed E-state index contributed by atoms with van der Waals surface area (Å²) in [5, 5.41) is 11.4. The van der Waals surface area contributed by atoms with Crippen LogP contribution in [0.2, 0.25) is 5.28 Å². The number of hydrogen-bond donors (Lipinski definition) is 0. The quantitative estimate of drug-likeness (QED) is 0.472. The molecule has 0 aromatic carbocycles. The van der Waals surface area contributed by atoms with Crippen molar-refractivity contribution in [3.63, 3.8) is 0 Å². The van der Waals surface area contributed by atoms with Gasteiger partial charge in [-0.05, 0) is 44.3 Å². The number of aryl methyl sites for hydroxylation is 1. The minimum atomic E-state index is -0.404. The molecule has 114 valence electrons. The van der Waals surface area contributed by atoms with Crippen LogP contribution in [-0.2, 0) is 0 Å². The van der Waals surface area contributed by atoms with Gasteiger partial charge in [-0.1, -0.05) is 0 Å². The Morgan fingerprint density at radius 1 is 1.29 bits per heavy atom. The Kier molecular flexibility index (Phi) is 3.95. The number of nitro groups is 1. The van der Waals surface area contributed by atoms with Crippen LogP contribution < -0.4 is 4.90 Å². The second-order valence-corrected chi connectivity index (χ2v) is 5.98. The molecule has 2 aliphatic heterocycles. The first-order valence-corrected chi connectivity index (χ1v) is 7.61. The molecule has 1 unspecified atom stereocenters. The highest BCUT2D eigenvalue weighted by Gasteiger charge is 2.33. The highest BCUT2D eigenvalue weighted by Crippen LogP contribution is 2.32. The van der Waals surface area contributed by atoms with Gasteiger partial charge in [0.1, 0.15) is 5.69 Å². The highest BCUT2D eigenvalue weighted by atomic mass is 35.5. The lowest BCUT2D eigenvalue weighted by Gasteiger charge is -2.26. The van der Waals surface area contributed by atoms with E-state index in [9.17, 15) is 10.1 Å². The largest absolute Gasteiger partial charge is 0.349 e. The third kappa shape index (κ3) is 2.80. The molecule has 8 heteroatoms. The van der Waals surface area contributed by atoms with Crippen LogP contribution in [0.4, 0.5) is 11.5 Å². The standard InChI is InChI=1S/C13H18ClN5O2/c1-9-11(19(20)21)12(16-13(14)15-9)18-7-3-6-17-5-2-4-10(17)8-18/h10H,2-8H2,1H3. The van der Waals surface area contributed by atoms with E-state index in [1.54, 1.807) is 6.92 Å². The smallest absolute Gasteiger partial charge is 0.332 e. The fourth-order valence-electron chi connectivity index (χ4n) is 3.35. The molecule has 2 fully saturated rings. The molecule has 0 saturated carbocycles. The van der Waals surface area contributed by atoms with Crippen LogP contribution in [0.5, 0.6) is 0 Å². The number of hydrogen-bond acceptors (Lipinski definition) is 6. The Balaban J connectivity index is 1.97. The van der Waals surface area contributed by atoms with Crippen molar-refractivity contribution in [2.75, 3.05) is 31.1 Å². The van der Waals surface area contributed by atoms with Crippen LogP contribution in [0.25, 0.3) is 0 Å². The molecule has 1 aromatic rings. The molecule has 3 heterocycles. The first-order valence-electron chi connectivity index (χ1n) is 7.24. The van der Waals surface area contributed by atoms with E-state index in [2.05, 4.69) is 14.9 Å². The molecule has 2 saturated heterocycles. The second kappa shape index (κ2) is 5.73. The monoisotopic (exact) mass is 311 g/mol. The molecule has 0 bridgehead atoms. The van der Waals surface area contributed by atoms with Crippen LogP contribution >= 0.6 is 11.6 Å². The van der Waals surface area contributed by atoms with E-state index in [-0.39, 0.29) is 11.0 Å². The fraction of sp³-hybridized carbons (Fsp3) is 0.692. The first-order chi connectivity index (χ1) is 10.1. The van der Waals surface area contributed by atoms with Crippen molar-refractivity contribution in [2.24, 2.45) is 0 Å². The summed E-state index contributed by atoms with van der Waals surface area (Å²) >= 11 is 5.92. The Hall–Kier alpha value is -1.47. The Morgan fingerprint density at radius 2 is 2.05 bits per heavy atom. The summed E-state index contributed by atoms with van der Waals surface area (Å²) in [5.41, 5.74) is 0.299. The molecule has 1 atom stereocenters. The molecule has 0 radical (unpaired) electrons. The van der Waals surface area contributed by atoms with Gasteiger partial charge < -0.3 is 4.90 Å². The van der Waals surface area contributed by atoms with E-state index >= 15 is 0 Å². The minimum Gasteiger partial charge on any atom is -0.349 e. The first kappa shape index (κ1) is 14.5. The van der Waals surface area contributed by atoms with Gasteiger partial charge in [-0.15, -0.1) is 0 Å². The molecule has 0 amide bonds. The normalized spacial score (nSPS) is 23.0. The van der Waals surface area contributed by atoms with E-state index in [0.29, 0.717) is 17.6 Å². The molecular weight excluding hydrogens is 294 g/mol. The molecule has 1 aromatic heterocycles. The number of fused-ring (bicyclic) bond motifs is 1. The zero-order valence-electron chi connectivity index (χ0n) is 12.0. The zero-order valence-corrected chi connectivity index (χ0v) is 12.7. The van der Waals surface area contributed by atoms with E-state index < -0.39 is 4.92 Å². The number of nitrogens with zero attached hydrogens (tertiary/aromatic N) is 5. The third-order valence-electron chi connectivity index (χ3n) is 4.30. The summed E-state index contributed by atoms with van der Waals surface area (Å²) in [6.07, 6.45) is 3.32.